The van der Waals surface area contributed by atoms with Crippen molar-refractivity contribution in [3.05, 3.63) is 39.9 Å². The predicted molar refractivity (Wildman–Crippen MR) is 75.5 cm³/mol. The van der Waals surface area contributed by atoms with Gasteiger partial charge in [-0.25, -0.2) is 0 Å². The van der Waals surface area contributed by atoms with Crippen molar-refractivity contribution in [2.75, 3.05) is 19.8 Å². The van der Waals surface area contributed by atoms with Crippen LogP contribution in [0.1, 0.15) is 18.9 Å². The molecule has 2 rings (SSSR count). The van der Waals surface area contributed by atoms with Gasteiger partial charge in [0, 0.05) is 18.7 Å². The van der Waals surface area contributed by atoms with E-state index in [2.05, 4.69) is 0 Å². The van der Waals surface area contributed by atoms with Crippen LogP contribution in [0.2, 0.25) is 0 Å². The standard InChI is InChI=1S/C14H20N2O5/c1-2-20-14-7-13(9-17)15(8-14)21-10-11-3-5-12(6-4-11)16(18)19/h3-6,13-14,17H,2,7-10H2,1H3. The number of nitrogens with zero attached hydrogens (tertiary/aromatic N) is 2. The Labute approximate surface area is 123 Å². The maximum Gasteiger partial charge on any atom is 0.269 e. The van der Waals surface area contributed by atoms with E-state index in [-0.39, 0.29) is 24.4 Å². The molecule has 116 valence electrons. The summed E-state index contributed by atoms with van der Waals surface area (Å²) in [5.41, 5.74) is 0.904. The molecular weight excluding hydrogens is 276 g/mol. The quantitative estimate of drug-likeness (QED) is 0.606. The Morgan fingerprint density at radius 1 is 1.43 bits per heavy atom. The first-order valence-corrected chi connectivity index (χ1v) is 6.99. The number of nitro benzene ring substituents is 1. The summed E-state index contributed by atoms with van der Waals surface area (Å²) in [7, 11) is 0. The average Bonchev–Trinajstić information content (AvgIpc) is 2.88. The van der Waals surface area contributed by atoms with Crippen LogP contribution in [0, 0.1) is 10.1 Å². The van der Waals surface area contributed by atoms with Gasteiger partial charge in [-0.3, -0.25) is 15.0 Å². The van der Waals surface area contributed by atoms with Crippen LogP contribution in [0.3, 0.4) is 0 Å². The topological polar surface area (TPSA) is 85.1 Å². The highest BCUT2D eigenvalue weighted by Gasteiger charge is 2.32. The fraction of sp³-hybridized carbons (Fsp3) is 0.571. The van der Waals surface area contributed by atoms with Crippen molar-refractivity contribution < 1.29 is 19.6 Å². The number of ether oxygens (including phenoxy) is 1. The molecule has 0 spiro atoms. The van der Waals surface area contributed by atoms with Gasteiger partial charge >= 0.3 is 0 Å². The van der Waals surface area contributed by atoms with Gasteiger partial charge in [0.05, 0.1) is 36.8 Å². The highest BCUT2D eigenvalue weighted by atomic mass is 16.7. The van der Waals surface area contributed by atoms with Crippen molar-refractivity contribution in [2.24, 2.45) is 0 Å². The zero-order chi connectivity index (χ0) is 15.2. The van der Waals surface area contributed by atoms with Crippen LogP contribution < -0.4 is 0 Å². The minimum absolute atomic E-state index is 0.0177. The summed E-state index contributed by atoms with van der Waals surface area (Å²) in [6.07, 6.45) is 0.814. The molecule has 1 N–H and O–H groups in total. The molecule has 1 aromatic carbocycles. The lowest BCUT2D eigenvalue weighted by Crippen LogP contribution is -2.32. The van der Waals surface area contributed by atoms with E-state index < -0.39 is 4.92 Å². The monoisotopic (exact) mass is 296 g/mol. The van der Waals surface area contributed by atoms with Gasteiger partial charge in [0.15, 0.2) is 0 Å². The molecule has 1 fully saturated rings. The lowest BCUT2D eigenvalue weighted by molar-refractivity contribution is -0.384. The number of aliphatic hydroxyl groups excluding tert-OH is 1. The second kappa shape index (κ2) is 7.46. The van der Waals surface area contributed by atoms with Gasteiger partial charge in [-0.15, -0.1) is 0 Å². The molecule has 1 aliphatic heterocycles. The van der Waals surface area contributed by atoms with Crippen molar-refractivity contribution in [1.29, 1.82) is 0 Å². The third kappa shape index (κ3) is 4.21. The van der Waals surface area contributed by atoms with Crippen molar-refractivity contribution in [3.63, 3.8) is 0 Å². The maximum absolute atomic E-state index is 10.6. The van der Waals surface area contributed by atoms with E-state index in [1.807, 2.05) is 6.92 Å². The first-order chi connectivity index (χ1) is 10.1. The maximum atomic E-state index is 10.6. The molecule has 0 aromatic heterocycles. The Kier molecular flexibility index (Phi) is 5.63. The molecule has 0 bridgehead atoms. The zero-order valence-corrected chi connectivity index (χ0v) is 12.0. The number of aliphatic hydroxyl groups is 1. The van der Waals surface area contributed by atoms with Gasteiger partial charge in [-0.05, 0) is 31.0 Å². The van der Waals surface area contributed by atoms with Crippen molar-refractivity contribution >= 4 is 5.69 Å². The van der Waals surface area contributed by atoms with Crippen LogP contribution in [-0.4, -0.2) is 47.0 Å². The van der Waals surface area contributed by atoms with Crippen molar-refractivity contribution in [3.8, 4) is 0 Å². The molecular formula is C14H20N2O5. The van der Waals surface area contributed by atoms with E-state index in [9.17, 15) is 15.2 Å². The summed E-state index contributed by atoms with van der Waals surface area (Å²) in [5, 5.41) is 21.7. The number of rotatable bonds is 7. The normalized spacial score (nSPS) is 22.6. The second-order valence-corrected chi connectivity index (χ2v) is 4.95. The van der Waals surface area contributed by atoms with Crippen LogP contribution >= 0.6 is 0 Å². The number of hydrogen-bond donors (Lipinski definition) is 1. The minimum atomic E-state index is -0.431. The van der Waals surface area contributed by atoms with E-state index in [1.165, 1.54) is 12.1 Å². The van der Waals surface area contributed by atoms with Crippen molar-refractivity contribution in [1.82, 2.24) is 5.06 Å². The summed E-state index contributed by atoms with van der Waals surface area (Å²) in [6, 6.07) is 6.17. The summed E-state index contributed by atoms with van der Waals surface area (Å²) >= 11 is 0. The van der Waals surface area contributed by atoms with E-state index in [0.29, 0.717) is 19.8 Å². The molecule has 1 aliphatic rings. The molecule has 1 heterocycles. The molecule has 1 saturated heterocycles. The Balaban J connectivity index is 1.88. The van der Waals surface area contributed by atoms with E-state index in [4.69, 9.17) is 9.57 Å². The zero-order valence-electron chi connectivity index (χ0n) is 12.0. The Morgan fingerprint density at radius 3 is 2.71 bits per heavy atom. The minimum Gasteiger partial charge on any atom is -0.395 e. The summed E-state index contributed by atoms with van der Waals surface area (Å²) in [6.45, 7) is 3.52. The molecule has 2 atom stereocenters. The fourth-order valence-corrected chi connectivity index (χ4v) is 2.40. The van der Waals surface area contributed by atoms with Gasteiger partial charge in [0.2, 0.25) is 0 Å². The Hall–Kier alpha value is -1.54. The number of nitro groups is 1. The third-order valence-corrected chi connectivity index (χ3v) is 3.48. The fourth-order valence-electron chi connectivity index (χ4n) is 2.40. The van der Waals surface area contributed by atoms with Gasteiger partial charge in [-0.2, -0.15) is 5.06 Å². The molecule has 2 unspecified atom stereocenters. The molecule has 1 aromatic rings. The first-order valence-electron chi connectivity index (χ1n) is 6.99. The number of hydrogen-bond acceptors (Lipinski definition) is 6. The second-order valence-electron chi connectivity index (χ2n) is 4.95. The Bertz CT molecular complexity index is 465. The third-order valence-electron chi connectivity index (χ3n) is 3.48. The highest BCUT2D eigenvalue weighted by molar-refractivity contribution is 5.32. The lowest BCUT2D eigenvalue weighted by atomic mass is 10.2. The largest absolute Gasteiger partial charge is 0.395 e. The smallest absolute Gasteiger partial charge is 0.269 e. The summed E-state index contributed by atoms with van der Waals surface area (Å²) in [4.78, 5) is 15.8. The summed E-state index contributed by atoms with van der Waals surface area (Å²) in [5.74, 6) is 0. The van der Waals surface area contributed by atoms with Crippen LogP contribution in [0.5, 0.6) is 0 Å². The van der Waals surface area contributed by atoms with Crippen LogP contribution in [0.15, 0.2) is 24.3 Å². The van der Waals surface area contributed by atoms with Crippen LogP contribution in [0.4, 0.5) is 5.69 Å². The number of benzene rings is 1. The van der Waals surface area contributed by atoms with Gasteiger partial charge in [0.1, 0.15) is 0 Å². The van der Waals surface area contributed by atoms with Crippen molar-refractivity contribution in [2.45, 2.75) is 32.1 Å². The van der Waals surface area contributed by atoms with Crippen LogP contribution in [0.25, 0.3) is 0 Å². The molecule has 0 amide bonds. The predicted octanol–water partition coefficient (Wildman–Crippen LogP) is 1.50. The first kappa shape index (κ1) is 15.8. The highest BCUT2D eigenvalue weighted by Crippen LogP contribution is 2.21. The van der Waals surface area contributed by atoms with Gasteiger partial charge in [0.25, 0.3) is 5.69 Å². The van der Waals surface area contributed by atoms with E-state index in [0.717, 1.165) is 12.0 Å². The molecule has 0 radical (unpaired) electrons. The molecule has 7 nitrogen and oxygen atoms in total. The number of non-ortho nitro benzene ring substituents is 1. The molecule has 0 aliphatic carbocycles. The van der Waals surface area contributed by atoms with Crippen LogP contribution in [-0.2, 0) is 16.2 Å². The average molecular weight is 296 g/mol. The molecule has 0 saturated carbocycles. The van der Waals surface area contributed by atoms with Gasteiger partial charge in [-0.1, -0.05) is 0 Å². The lowest BCUT2D eigenvalue weighted by Gasteiger charge is -2.21. The number of hydroxylamine groups is 2. The molecule has 7 heteroatoms. The van der Waals surface area contributed by atoms with E-state index >= 15 is 0 Å². The SMILES string of the molecule is CCOC1CC(CO)N(OCc2ccc([N+](=O)[O-])cc2)C1. The summed E-state index contributed by atoms with van der Waals surface area (Å²) < 4.78 is 5.55. The Morgan fingerprint density at radius 2 is 2.14 bits per heavy atom. The van der Waals surface area contributed by atoms with Gasteiger partial charge < -0.3 is 9.84 Å². The molecule has 21 heavy (non-hydrogen) atoms. The van der Waals surface area contributed by atoms with E-state index in [1.54, 1.807) is 17.2 Å².